The minimum Gasteiger partial charge on any atom is -0.476 e. The van der Waals surface area contributed by atoms with Gasteiger partial charge in [0, 0.05) is 29.0 Å². The van der Waals surface area contributed by atoms with E-state index in [1.165, 1.54) is 6.07 Å². The maximum atomic E-state index is 14.6. The molecule has 0 amide bonds. The van der Waals surface area contributed by atoms with Crippen molar-refractivity contribution in [1.29, 1.82) is 5.26 Å². The molecule has 8 heteroatoms. The molecule has 0 saturated heterocycles. The number of ether oxygens (including phenoxy) is 1. The Labute approximate surface area is 208 Å². The molecule has 0 aliphatic heterocycles. The van der Waals surface area contributed by atoms with E-state index in [1.807, 2.05) is 63.2 Å². The highest BCUT2D eigenvalue weighted by atomic mass is 79.9. The predicted octanol–water partition coefficient (Wildman–Crippen LogP) is 6.34. The van der Waals surface area contributed by atoms with Crippen LogP contribution < -0.4 is 10.1 Å². The van der Waals surface area contributed by atoms with Crippen LogP contribution in [0.3, 0.4) is 0 Å². The maximum Gasteiger partial charge on any atom is 0.174 e. The van der Waals surface area contributed by atoms with Gasteiger partial charge in [0.1, 0.15) is 12.2 Å². The fourth-order valence-electron chi connectivity index (χ4n) is 3.34. The van der Waals surface area contributed by atoms with Crippen molar-refractivity contribution in [3.05, 3.63) is 75.8 Å². The summed E-state index contributed by atoms with van der Waals surface area (Å²) in [7, 11) is 1.93. The Morgan fingerprint density at radius 3 is 2.71 bits per heavy atom. The average Bonchev–Trinajstić information content (AvgIpc) is 2.82. The van der Waals surface area contributed by atoms with E-state index in [2.05, 4.69) is 26.2 Å². The number of rotatable bonds is 10. The van der Waals surface area contributed by atoms with Gasteiger partial charge >= 0.3 is 0 Å². The fraction of sp³-hybridized carbons (Fsp3) is 0.269. The number of aldehydes is 1. The molecule has 2 rings (SSSR count). The summed E-state index contributed by atoms with van der Waals surface area (Å²) in [6, 6.07) is 10.5. The third kappa shape index (κ3) is 6.78. The fourth-order valence-corrected chi connectivity index (χ4v) is 3.81. The Balaban J connectivity index is 2.34. The van der Waals surface area contributed by atoms with E-state index >= 15 is 0 Å². The van der Waals surface area contributed by atoms with Gasteiger partial charge in [-0.2, -0.15) is 5.26 Å². The van der Waals surface area contributed by atoms with E-state index in [-0.39, 0.29) is 18.5 Å². The van der Waals surface area contributed by atoms with E-state index < -0.39 is 5.82 Å². The number of hydrogen-bond acceptors (Lipinski definition) is 6. The summed E-state index contributed by atoms with van der Waals surface area (Å²) in [5.74, 6) is -0.433. The molecular formula is C26H28BrFN4O2. The zero-order valence-corrected chi connectivity index (χ0v) is 21.5. The van der Waals surface area contributed by atoms with Crippen LogP contribution in [0.25, 0.3) is 5.57 Å². The van der Waals surface area contributed by atoms with Gasteiger partial charge in [-0.25, -0.2) is 4.39 Å². The lowest BCUT2D eigenvalue weighted by Crippen LogP contribution is -2.40. The van der Waals surface area contributed by atoms with Gasteiger partial charge in [-0.05, 0) is 90.8 Å². The first-order valence-electron chi connectivity index (χ1n) is 10.6. The van der Waals surface area contributed by atoms with Gasteiger partial charge in [0.25, 0.3) is 0 Å². The maximum absolute atomic E-state index is 14.6. The summed E-state index contributed by atoms with van der Waals surface area (Å²) in [6.07, 6.45) is 6.09. The number of allylic oxidation sites excluding steroid dienone is 2. The Hall–Kier alpha value is -3.44. The number of carbonyl (C=O) groups is 1. The molecule has 0 saturated carbocycles. The molecule has 0 radical (unpaired) electrons. The first kappa shape index (κ1) is 26.8. The molecular weight excluding hydrogens is 499 g/mol. The molecule has 0 aliphatic carbocycles. The van der Waals surface area contributed by atoms with Crippen LogP contribution in [-0.4, -0.2) is 36.7 Å². The summed E-state index contributed by atoms with van der Waals surface area (Å²) in [5.41, 5.74) is 4.09. The molecule has 0 bridgehead atoms. The van der Waals surface area contributed by atoms with Gasteiger partial charge < -0.3 is 15.0 Å². The summed E-state index contributed by atoms with van der Waals surface area (Å²) in [4.78, 5) is 17.7. The van der Waals surface area contributed by atoms with Gasteiger partial charge in [0.2, 0.25) is 0 Å². The topological polar surface area (TPSA) is 77.7 Å². The Bertz CT molecular complexity index is 1170. The highest BCUT2D eigenvalue weighted by Crippen LogP contribution is 2.28. The second-order valence-electron chi connectivity index (χ2n) is 7.63. The molecule has 0 heterocycles. The molecule has 1 atom stereocenters. The number of hydrogen-bond donors (Lipinski definition) is 1. The van der Waals surface area contributed by atoms with Crippen LogP contribution in [0.2, 0.25) is 0 Å². The molecule has 0 fully saturated rings. The minimum absolute atomic E-state index is 0.0549. The molecule has 178 valence electrons. The highest BCUT2D eigenvalue weighted by Gasteiger charge is 2.16. The van der Waals surface area contributed by atoms with Crippen LogP contribution in [0.4, 0.5) is 10.1 Å². The zero-order chi connectivity index (χ0) is 25.3. The van der Waals surface area contributed by atoms with E-state index in [0.717, 1.165) is 23.3 Å². The number of benzene rings is 2. The van der Waals surface area contributed by atoms with Crippen LogP contribution in [-0.2, 0) is 0 Å². The molecule has 0 aliphatic rings. The monoisotopic (exact) mass is 526 g/mol. The number of nitriles is 1. The van der Waals surface area contributed by atoms with Crippen molar-refractivity contribution in [2.45, 2.75) is 33.9 Å². The predicted molar refractivity (Wildman–Crippen MR) is 139 cm³/mol. The smallest absolute Gasteiger partial charge is 0.174 e. The second-order valence-corrected chi connectivity index (χ2v) is 8.48. The largest absolute Gasteiger partial charge is 0.476 e. The van der Waals surface area contributed by atoms with Gasteiger partial charge in [-0.15, -0.1) is 0 Å². The van der Waals surface area contributed by atoms with Crippen molar-refractivity contribution in [3.63, 3.8) is 0 Å². The molecule has 34 heavy (non-hydrogen) atoms. The average molecular weight is 527 g/mol. The first-order chi connectivity index (χ1) is 16.2. The number of aliphatic imine (C=N–C) groups is 1. The molecule has 2 aromatic rings. The van der Waals surface area contributed by atoms with Gasteiger partial charge in [0.15, 0.2) is 24.5 Å². The van der Waals surface area contributed by atoms with Crippen LogP contribution in [0.15, 0.2) is 58.3 Å². The summed E-state index contributed by atoms with van der Waals surface area (Å²) in [6.45, 7) is 7.16. The van der Waals surface area contributed by atoms with Crippen molar-refractivity contribution < 1.29 is 13.9 Å². The van der Waals surface area contributed by atoms with E-state index in [4.69, 9.17) is 10.00 Å². The van der Waals surface area contributed by atoms with Gasteiger partial charge in [-0.1, -0.05) is 12.1 Å². The summed E-state index contributed by atoms with van der Waals surface area (Å²) < 4.78 is 20.5. The number of nitrogens with one attached hydrogen (secondary N) is 1. The molecule has 2 aromatic carbocycles. The van der Waals surface area contributed by atoms with Gasteiger partial charge in [0.05, 0.1) is 5.71 Å². The van der Waals surface area contributed by atoms with Crippen LogP contribution in [0.1, 0.15) is 42.3 Å². The van der Waals surface area contributed by atoms with E-state index in [9.17, 15) is 9.18 Å². The molecule has 1 unspecified atom stereocenters. The number of halogens is 2. The number of nitrogens with zero attached hydrogens (tertiary/aromatic N) is 3. The normalized spacial score (nSPS) is 12.9. The summed E-state index contributed by atoms with van der Waals surface area (Å²) in [5, 5.41) is 12.1. The quantitative estimate of drug-likeness (QED) is 0.222. The number of anilines is 1. The Kier molecular flexibility index (Phi) is 10.0. The third-order valence-corrected chi connectivity index (χ3v) is 5.83. The molecule has 6 nitrogen and oxygen atoms in total. The Morgan fingerprint density at radius 2 is 2.09 bits per heavy atom. The Morgan fingerprint density at radius 1 is 1.35 bits per heavy atom. The standard InChI is InChI=1S/C26H28BrFN4O2/c1-6-12-32(5)26(31-21-8-7-20(16-33)23(27)14-21)19(4)30-15-17(2)22-9-10-24(34-13-11-29)25(28)18(22)3/h6-10,12,14-16,26,31H,13H2,1-5H3/b12-6-,17-15+,30-19?. The molecule has 1 N–H and O–H groups in total. The van der Waals surface area contributed by atoms with Crippen molar-refractivity contribution in [1.82, 2.24) is 4.90 Å². The molecule has 0 aromatic heterocycles. The summed E-state index contributed by atoms with van der Waals surface area (Å²) >= 11 is 3.42. The van der Waals surface area contributed by atoms with Crippen molar-refractivity contribution in [3.8, 4) is 11.8 Å². The first-order valence-corrected chi connectivity index (χ1v) is 11.4. The second kappa shape index (κ2) is 12.7. The van der Waals surface area contributed by atoms with E-state index in [1.54, 1.807) is 25.3 Å². The zero-order valence-electron chi connectivity index (χ0n) is 19.9. The van der Waals surface area contributed by atoms with Crippen LogP contribution >= 0.6 is 15.9 Å². The SMILES string of the molecule is C/C=C\N(C)C(Nc1ccc(C=O)c(Br)c1)C(C)=N/C=C(\C)c1ccc(OCC#N)c(F)c1C. The third-order valence-electron chi connectivity index (χ3n) is 5.15. The lowest BCUT2D eigenvalue weighted by atomic mass is 10.0. The van der Waals surface area contributed by atoms with Crippen molar-refractivity contribution >= 4 is 39.2 Å². The van der Waals surface area contributed by atoms with Crippen LogP contribution in [0.5, 0.6) is 5.75 Å². The van der Waals surface area contributed by atoms with Crippen molar-refractivity contribution in [2.24, 2.45) is 4.99 Å². The van der Waals surface area contributed by atoms with Crippen molar-refractivity contribution in [2.75, 3.05) is 19.0 Å². The van der Waals surface area contributed by atoms with Crippen LogP contribution in [0, 0.1) is 24.1 Å². The highest BCUT2D eigenvalue weighted by molar-refractivity contribution is 9.10. The molecule has 0 spiro atoms. The lowest BCUT2D eigenvalue weighted by molar-refractivity contribution is 0.112. The lowest BCUT2D eigenvalue weighted by Gasteiger charge is -2.28. The minimum atomic E-state index is -0.488. The number of carbonyl (C=O) groups excluding carboxylic acids is 1. The van der Waals surface area contributed by atoms with E-state index in [0.29, 0.717) is 21.2 Å². The van der Waals surface area contributed by atoms with Gasteiger partial charge in [-0.3, -0.25) is 9.79 Å².